The topological polar surface area (TPSA) is 88.3 Å². The molecule has 0 aromatic carbocycles. The fraction of sp³-hybridized carbons (Fsp3) is 0.400. The van der Waals surface area contributed by atoms with Crippen LogP contribution >= 0.6 is 0 Å². The highest BCUT2D eigenvalue weighted by atomic mass is 16.3. The van der Waals surface area contributed by atoms with Crippen molar-refractivity contribution in [2.24, 2.45) is 5.92 Å². The molecule has 6 heteroatoms. The fourth-order valence-electron chi connectivity index (χ4n) is 2.62. The van der Waals surface area contributed by atoms with E-state index in [1.54, 1.807) is 13.1 Å². The van der Waals surface area contributed by atoms with E-state index in [4.69, 9.17) is 4.42 Å². The molecular weight excluding hydrogens is 270 g/mol. The van der Waals surface area contributed by atoms with Crippen molar-refractivity contribution in [2.75, 3.05) is 0 Å². The lowest BCUT2D eigenvalue weighted by Crippen LogP contribution is -2.41. The van der Waals surface area contributed by atoms with Crippen molar-refractivity contribution in [3.05, 3.63) is 47.9 Å². The molecule has 1 amide bonds. The zero-order valence-electron chi connectivity index (χ0n) is 11.7. The highest BCUT2D eigenvalue weighted by Gasteiger charge is 2.36. The maximum absolute atomic E-state index is 12.3. The molecule has 2 aromatic heterocycles. The van der Waals surface area contributed by atoms with Gasteiger partial charge in [-0.15, -0.1) is 0 Å². The highest BCUT2D eigenvalue weighted by Crippen LogP contribution is 2.37. The number of oxazole rings is 1. The first kappa shape index (κ1) is 13.8. The summed E-state index contributed by atoms with van der Waals surface area (Å²) in [7, 11) is 0. The maximum Gasteiger partial charge on any atom is 0.289 e. The third kappa shape index (κ3) is 2.80. The number of hydrogen-bond acceptors (Lipinski definition) is 5. The summed E-state index contributed by atoms with van der Waals surface area (Å²) in [5, 5.41) is 12.5. The van der Waals surface area contributed by atoms with Gasteiger partial charge in [-0.3, -0.25) is 9.78 Å². The van der Waals surface area contributed by atoms with Gasteiger partial charge in [-0.2, -0.15) is 0 Å². The van der Waals surface area contributed by atoms with Gasteiger partial charge < -0.3 is 14.8 Å². The molecular formula is C15H17N3O3. The first-order valence-corrected chi connectivity index (χ1v) is 6.95. The number of nitrogens with zero attached hydrogens (tertiary/aromatic N) is 2. The van der Waals surface area contributed by atoms with Crippen LogP contribution in [-0.2, 0) is 0 Å². The molecule has 0 radical (unpaired) electrons. The second kappa shape index (κ2) is 5.65. The number of aryl methyl sites for hydroxylation is 1. The number of rotatable bonds is 4. The quantitative estimate of drug-likeness (QED) is 0.892. The number of nitrogens with one attached hydrogen (secondary N) is 1. The second-order valence-corrected chi connectivity index (χ2v) is 5.36. The van der Waals surface area contributed by atoms with Crippen molar-refractivity contribution < 1.29 is 14.3 Å². The van der Waals surface area contributed by atoms with Gasteiger partial charge in [0.15, 0.2) is 6.39 Å². The standard InChI is InChI=1S/C15H17N3O3/c1-9-14(21-8-17-9)15(20)18-13(10-6-11(19)7-10)12-4-2-3-5-16-12/h2-5,8,10-11,13,19H,6-7H2,1H3,(H,18,20)/t10?,11?,13-/m1/s1. The lowest BCUT2D eigenvalue weighted by molar-refractivity contribution is 0.0225. The number of hydrogen-bond donors (Lipinski definition) is 2. The van der Waals surface area contributed by atoms with Gasteiger partial charge in [0.1, 0.15) is 0 Å². The summed E-state index contributed by atoms with van der Waals surface area (Å²) in [5.41, 5.74) is 1.35. The molecule has 1 atom stereocenters. The molecule has 1 saturated carbocycles. The van der Waals surface area contributed by atoms with Crippen LogP contribution in [0.3, 0.4) is 0 Å². The molecule has 110 valence electrons. The molecule has 2 heterocycles. The number of aliphatic hydroxyl groups is 1. The average Bonchev–Trinajstić information content (AvgIpc) is 2.89. The van der Waals surface area contributed by atoms with Crippen molar-refractivity contribution in [2.45, 2.75) is 31.9 Å². The summed E-state index contributed by atoms with van der Waals surface area (Å²) in [6, 6.07) is 5.37. The highest BCUT2D eigenvalue weighted by molar-refractivity contribution is 5.92. The largest absolute Gasteiger partial charge is 0.438 e. The van der Waals surface area contributed by atoms with Crippen LogP contribution in [0.5, 0.6) is 0 Å². The van der Waals surface area contributed by atoms with E-state index in [1.807, 2.05) is 18.2 Å². The average molecular weight is 287 g/mol. The van der Waals surface area contributed by atoms with Gasteiger partial charge in [0.25, 0.3) is 5.91 Å². The summed E-state index contributed by atoms with van der Waals surface area (Å²) in [6.45, 7) is 1.72. The van der Waals surface area contributed by atoms with Gasteiger partial charge >= 0.3 is 0 Å². The van der Waals surface area contributed by atoms with E-state index in [1.165, 1.54) is 6.39 Å². The molecule has 21 heavy (non-hydrogen) atoms. The minimum Gasteiger partial charge on any atom is -0.438 e. The lowest BCUT2D eigenvalue weighted by atomic mass is 9.76. The van der Waals surface area contributed by atoms with Crippen LogP contribution in [-0.4, -0.2) is 27.1 Å². The van der Waals surface area contributed by atoms with Crippen molar-refractivity contribution in [1.29, 1.82) is 0 Å². The summed E-state index contributed by atoms with van der Waals surface area (Å²) < 4.78 is 5.12. The molecule has 0 unspecified atom stereocenters. The lowest BCUT2D eigenvalue weighted by Gasteiger charge is -2.37. The Morgan fingerprint density at radius 1 is 1.43 bits per heavy atom. The Labute approximate surface area is 122 Å². The molecule has 1 fully saturated rings. The van der Waals surface area contributed by atoms with Crippen LogP contribution in [0.15, 0.2) is 35.2 Å². The summed E-state index contributed by atoms with van der Waals surface area (Å²) >= 11 is 0. The van der Waals surface area contributed by atoms with Gasteiger partial charge in [-0.05, 0) is 37.8 Å². The molecule has 1 aliphatic carbocycles. The predicted molar refractivity (Wildman–Crippen MR) is 74.4 cm³/mol. The number of aliphatic hydroxyl groups excluding tert-OH is 1. The van der Waals surface area contributed by atoms with Crippen LogP contribution in [0.2, 0.25) is 0 Å². The molecule has 0 spiro atoms. The Hall–Kier alpha value is -2.21. The Morgan fingerprint density at radius 3 is 2.81 bits per heavy atom. The first-order valence-electron chi connectivity index (χ1n) is 6.95. The van der Waals surface area contributed by atoms with Crippen LogP contribution in [0, 0.1) is 12.8 Å². The van der Waals surface area contributed by atoms with Gasteiger partial charge in [0, 0.05) is 6.20 Å². The van der Waals surface area contributed by atoms with E-state index >= 15 is 0 Å². The summed E-state index contributed by atoms with van der Waals surface area (Å²) in [4.78, 5) is 20.5. The normalized spacial score (nSPS) is 22.4. The second-order valence-electron chi connectivity index (χ2n) is 5.36. The molecule has 2 aromatic rings. The molecule has 2 N–H and O–H groups in total. The van der Waals surface area contributed by atoms with Gasteiger partial charge in [-0.25, -0.2) is 4.98 Å². The Bertz CT molecular complexity index is 620. The first-order chi connectivity index (χ1) is 10.1. The fourth-order valence-corrected chi connectivity index (χ4v) is 2.62. The monoisotopic (exact) mass is 287 g/mol. The van der Waals surface area contributed by atoms with Crippen LogP contribution in [0.1, 0.15) is 40.8 Å². The minimum absolute atomic E-state index is 0.182. The van der Waals surface area contributed by atoms with E-state index in [9.17, 15) is 9.90 Å². The minimum atomic E-state index is -0.304. The van der Waals surface area contributed by atoms with E-state index in [-0.39, 0.29) is 29.7 Å². The van der Waals surface area contributed by atoms with Gasteiger partial charge in [0.05, 0.1) is 23.5 Å². The molecule has 0 aliphatic heterocycles. The van der Waals surface area contributed by atoms with Crippen molar-refractivity contribution >= 4 is 5.91 Å². The molecule has 0 saturated heterocycles. The molecule has 3 rings (SSSR count). The Balaban J connectivity index is 1.80. The summed E-state index contributed by atoms with van der Waals surface area (Å²) in [6.07, 6.45) is 4.00. The maximum atomic E-state index is 12.3. The van der Waals surface area contributed by atoms with Gasteiger partial charge in [0.2, 0.25) is 5.76 Å². The van der Waals surface area contributed by atoms with E-state index in [2.05, 4.69) is 15.3 Å². The van der Waals surface area contributed by atoms with Crippen LogP contribution in [0.25, 0.3) is 0 Å². The predicted octanol–water partition coefficient (Wildman–Crippen LogP) is 1.62. The number of amides is 1. The molecule has 0 bridgehead atoms. The number of carbonyl (C=O) groups is 1. The van der Waals surface area contributed by atoms with Gasteiger partial charge in [-0.1, -0.05) is 6.07 Å². The van der Waals surface area contributed by atoms with E-state index in [0.717, 1.165) is 5.69 Å². The SMILES string of the molecule is Cc1ncoc1C(=O)N[C@@H](c1ccccn1)C1CC(O)C1. The van der Waals surface area contributed by atoms with Crippen LogP contribution in [0.4, 0.5) is 0 Å². The van der Waals surface area contributed by atoms with Crippen molar-refractivity contribution in [1.82, 2.24) is 15.3 Å². The number of carbonyl (C=O) groups excluding carboxylic acids is 1. The van der Waals surface area contributed by atoms with E-state index < -0.39 is 0 Å². The number of pyridine rings is 1. The third-order valence-corrected chi connectivity index (χ3v) is 3.87. The van der Waals surface area contributed by atoms with Crippen molar-refractivity contribution in [3.8, 4) is 0 Å². The zero-order chi connectivity index (χ0) is 14.8. The molecule has 1 aliphatic rings. The van der Waals surface area contributed by atoms with Crippen molar-refractivity contribution in [3.63, 3.8) is 0 Å². The Kier molecular flexibility index (Phi) is 3.70. The summed E-state index contributed by atoms with van der Waals surface area (Å²) in [5.74, 6) is 0.0972. The smallest absolute Gasteiger partial charge is 0.289 e. The Morgan fingerprint density at radius 2 is 2.24 bits per heavy atom. The number of aromatic nitrogens is 2. The molecule has 6 nitrogen and oxygen atoms in total. The zero-order valence-corrected chi connectivity index (χ0v) is 11.7. The third-order valence-electron chi connectivity index (χ3n) is 3.87. The van der Waals surface area contributed by atoms with E-state index in [0.29, 0.717) is 18.5 Å². The van der Waals surface area contributed by atoms with Crippen LogP contribution < -0.4 is 5.32 Å².